The van der Waals surface area contributed by atoms with Gasteiger partial charge < -0.3 is 57.6 Å². The number of rotatable bonds is 3. The Morgan fingerprint density at radius 3 is 1.02 bits per heavy atom. The van der Waals surface area contributed by atoms with E-state index in [9.17, 15) is 0 Å². The van der Waals surface area contributed by atoms with Crippen LogP contribution in [0.15, 0.2) is 383 Å². The molecular formula is C111H75Ir3N12. The summed E-state index contributed by atoms with van der Waals surface area (Å²) in [6.07, 6.45) is 17.6. The maximum absolute atomic E-state index is 4.75. The van der Waals surface area contributed by atoms with E-state index in [4.69, 9.17) is 15.0 Å². The average molecular weight is 2150 g/mol. The van der Waals surface area contributed by atoms with E-state index in [2.05, 4.69) is 286 Å². The second-order valence-electron chi connectivity index (χ2n) is 31.0. The summed E-state index contributed by atoms with van der Waals surface area (Å²) in [5.74, 6) is 0. The predicted octanol–water partition coefficient (Wildman–Crippen LogP) is 26.2. The summed E-state index contributed by atoms with van der Waals surface area (Å²) in [4.78, 5) is 26.3. The molecule has 9 aromatic heterocycles. The number of benzene rings is 15. The van der Waals surface area contributed by atoms with Crippen molar-refractivity contribution in [3.8, 4) is 0 Å². The van der Waals surface area contributed by atoms with Crippen LogP contribution in [0.25, 0.3) is 179 Å². The molecule has 0 aliphatic carbocycles. The first kappa shape index (κ1) is 81.6. The zero-order valence-electron chi connectivity index (χ0n) is 68.5. The van der Waals surface area contributed by atoms with Gasteiger partial charge >= 0.3 is 60.3 Å². The summed E-state index contributed by atoms with van der Waals surface area (Å²) in [5, 5.41) is 25.7. The SMILES string of the molecule is CN1C=CN(c2[c-]cccc2)[CH-]1.CN1C=CN(c2[c-]cccc2)[CH-]1.CN1C=CN(c2[c-]cccc2)[CH-]1.[Ir+3].[Ir+3].[Ir+3].[c-]1c2ccccc2n2c1c1ncccc1c1ccc3c4ccccc4ccc3c12.[c-]1c2ccccc2n2c1c1ncccc1c1ccc3cc4ccccc4cc3c12.[c-]1c2ccccc2n2c1c1ncccc1c1ccc3ccc4ccccc4c3c12. The summed E-state index contributed by atoms with van der Waals surface area (Å²) in [6.45, 7) is 6.02. The molecule has 24 aromatic rings. The average Bonchev–Trinajstić information content (AvgIpc) is 1.49. The number of hydrogen-bond donors (Lipinski definition) is 0. The van der Waals surface area contributed by atoms with Crippen LogP contribution in [0.4, 0.5) is 17.1 Å². The Bertz CT molecular complexity index is 8040. The Labute approximate surface area is 768 Å². The fourth-order valence-corrected chi connectivity index (χ4v) is 17.8. The van der Waals surface area contributed by atoms with Gasteiger partial charge in [-0.15, -0.1) is 87.8 Å². The monoisotopic (exact) mass is 2150 g/mol. The van der Waals surface area contributed by atoms with Gasteiger partial charge in [0.25, 0.3) is 0 Å². The van der Waals surface area contributed by atoms with Gasteiger partial charge in [0, 0.05) is 51.3 Å². The molecule has 126 heavy (non-hydrogen) atoms. The molecule has 0 saturated heterocycles. The van der Waals surface area contributed by atoms with E-state index in [1.165, 1.54) is 130 Å². The van der Waals surface area contributed by atoms with Crippen LogP contribution in [0, 0.1) is 56.4 Å². The van der Waals surface area contributed by atoms with E-state index in [0.717, 1.165) is 66.3 Å². The Hall–Kier alpha value is -14.1. The van der Waals surface area contributed by atoms with Crippen molar-refractivity contribution in [3.63, 3.8) is 0 Å². The van der Waals surface area contributed by atoms with Crippen LogP contribution in [-0.2, 0) is 60.3 Å². The number of nitrogens with zero attached hydrogens (tertiary/aromatic N) is 12. The van der Waals surface area contributed by atoms with E-state index >= 15 is 0 Å². The topological polar surface area (TPSA) is 71.3 Å². The van der Waals surface area contributed by atoms with Crippen molar-refractivity contribution in [2.75, 3.05) is 35.8 Å². The van der Waals surface area contributed by atoms with Crippen molar-refractivity contribution in [1.29, 1.82) is 0 Å². The van der Waals surface area contributed by atoms with Gasteiger partial charge in [-0.1, -0.05) is 188 Å². The molecule has 0 unspecified atom stereocenters. The zero-order chi connectivity index (χ0) is 82.0. The van der Waals surface area contributed by atoms with Crippen LogP contribution in [0.3, 0.4) is 0 Å². The molecule has 0 fully saturated rings. The van der Waals surface area contributed by atoms with Gasteiger partial charge in [-0.3, -0.25) is 0 Å². The Kier molecular flexibility index (Phi) is 22.6. The molecule has 3 aliphatic heterocycles. The second-order valence-corrected chi connectivity index (χ2v) is 31.0. The number of para-hydroxylation sites is 6. The number of hydrogen-bond acceptors (Lipinski definition) is 9. The van der Waals surface area contributed by atoms with E-state index in [-0.39, 0.29) is 60.3 Å². The van der Waals surface area contributed by atoms with Crippen LogP contribution < -0.4 is 14.7 Å². The zero-order valence-corrected chi connectivity index (χ0v) is 75.7. The molecule has 0 bridgehead atoms. The van der Waals surface area contributed by atoms with Gasteiger partial charge in [-0.25, -0.2) is 0 Å². The van der Waals surface area contributed by atoms with E-state index in [1.54, 1.807) is 0 Å². The summed E-state index contributed by atoms with van der Waals surface area (Å²) >= 11 is 0. The molecule has 606 valence electrons. The van der Waals surface area contributed by atoms with Crippen molar-refractivity contribution in [1.82, 2.24) is 42.9 Å². The van der Waals surface area contributed by atoms with Gasteiger partial charge in [0.15, 0.2) is 0 Å². The molecule has 3 aliphatic rings. The number of fused-ring (bicyclic) bond motifs is 35. The van der Waals surface area contributed by atoms with E-state index in [0.29, 0.717) is 0 Å². The summed E-state index contributed by atoms with van der Waals surface area (Å²) in [6, 6.07) is 135. The third kappa shape index (κ3) is 14.8. The normalized spacial score (nSPS) is 12.9. The Morgan fingerprint density at radius 2 is 0.571 bits per heavy atom. The molecular weight excluding hydrogens is 2080 g/mol. The van der Waals surface area contributed by atoms with Crippen LogP contribution in [0.1, 0.15) is 0 Å². The quantitative estimate of drug-likeness (QED) is 0.0977. The first-order valence-corrected chi connectivity index (χ1v) is 41.1. The molecule has 15 aromatic carbocycles. The fraction of sp³-hybridized carbons (Fsp3) is 0.0270. The molecule has 15 heteroatoms. The molecule has 12 nitrogen and oxygen atoms in total. The van der Waals surface area contributed by atoms with Crippen LogP contribution in [0.2, 0.25) is 0 Å². The minimum atomic E-state index is 0. The minimum absolute atomic E-state index is 0. The maximum atomic E-state index is 4.75. The van der Waals surface area contributed by atoms with Crippen LogP contribution in [0.5, 0.6) is 0 Å². The maximum Gasteiger partial charge on any atom is 3.00 e. The third-order valence-electron chi connectivity index (χ3n) is 23.4. The van der Waals surface area contributed by atoms with Crippen molar-refractivity contribution in [2.45, 2.75) is 0 Å². The summed E-state index contributed by atoms with van der Waals surface area (Å²) in [5.41, 5.74) is 16.5. The first-order valence-electron chi connectivity index (χ1n) is 41.1. The fourth-order valence-electron chi connectivity index (χ4n) is 17.8. The number of anilines is 3. The van der Waals surface area contributed by atoms with Crippen molar-refractivity contribution < 1.29 is 60.3 Å². The van der Waals surface area contributed by atoms with E-state index in [1.807, 2.05) is 217 Å². The Morgan fingerprint density at radius 1 is 0.246 bits per heavy atom. The van der Waals surface area contributed by atoms with Crippen LogP contribution in [-0.4, -0.2) is 64.0 Å². The first-order chi connectivity index (χ1) is 60.8. The van der Waals surface area contributed by atoms with Gasteiger partial charge in [0.05, 0.1) is 16.6 Å². The van der Waals surface area contributed by atoms with Gasteiger partial charge in [0.1, 0.15) is 0 Å². The van der Waals surface area contributed by atoms with Crippen molar-refractivity contribution in [3.05, 3.63) is 440 Å². The summed E-state index contributed by atoms with van der Waals surface area (Å²) in [7, 11) is 6.00. The minimum Gasteiger partial charge on any atom is -0.510 e. The van der Waals surface area contributed by atoms with Gasteiger partial charge in [0.2, 0.25) is 0 Å². The van der Waals surface area contributed by atoms with Crippen molar-refractivity contribution >= 4 is 196 Å². The second kappa shape index (κ2) is 34.9. The molecule has 0 saturated carbocycles. The number of pyridine rings is 6. The molecule has 0 N–H and O–H groups in total. The molecule has 27 rings (SSSR count). The van der Waals surface area contributed by atoms with Gasteiger partial charge in [-0.05, 0) is 203 Å². The Balaban J connectivity index is 0.000000103. The van der Waals surface area contributed by atoms with Crippen molar-refractivity contribution in [2.24, 2.45) is 0 Å². The third-order valence-corrected chi connectivity index (χ3v) is 23.4. The molecule has 0 atom stereocenters. The molecule has 0 amide bonds. The molecule has 0 spiro atoms. The van der Waals surface area contributed by atoms with Gasteiger partial charge in [-0.2, -0.15) is 111 Å². The number of aromatic nitrogens is 6. The van der Waals surface area contributed by atoms with E-state index < -0.39 is 0 Å². The molecule has 0 radical (unpaired) electrons. The largest absolute Gasteiger partial charge is 3.00 e. The summed E-state index contributed by atoms with van der Waals surface area (Å²) < 4.78 is 7.04. The smallest absolute Gasteiger partial charge is 0.510 e. The standard InChI is InChI=1S/3C27H15N2.3C10H10N2.3Ir/c1-3-8-20-17(6-1)11-12-18-13-14-22-21-9-5-15-28-26(21)24-16-19-7-2-4-10-23(19)29(24)27(22)25(18)20;1-3-8-19-17(6-1)11-12-22-20(19)13-14-23-21-9-5-15-28-26(21)25-16-18-7-2-4-10-24(18)29(25)27(22)23;1-2-7-18-15-23-19(14-17(18)6-1)11-12-22-21-9-5-13-28-26(21)25-16-20-8-3-4-10-24(20)29(25)27(22)23;3*1-11-7-8-12(9-11)10-5-3-2-4-6-10;;;/h3*1-15H;3*2-5,7-9H,1H3;;;/q3*-1;3*-2;3*+3. The molecule has 12 heterocycles. The van der Waals surface area contributed by atoms with Crippen LogP contribution >= 0.6 is 0 Å². The predicted molar refractivity (Wildman–Crippen MR) is 512 cm³/mol.